The molecule has 0 spiro atoms. The molecule has 0 aliphatic carbocycles. The zero-order valence-corrected chi connectivity index (χ0v) is 18.1. The van der Waals surface area contributed by atoms with Gasteiger partial charge in [-0.25, -0.2) is 0 Å². The van der Waals surface area contributed by atoms with Crippen LogP contribution in [0, 0.1) is 0 Å². The number of hydrogen-bond acceptors (Lipinski definition) is 6. The Kier molecular flexibility index (Phi) is 9.10. The van der Waals surface area contributed by atoms with Crippen molar-refractivity contribution in [2.45, 2.75) is 63.1 Å². The standard InChI is InChI=1S/C24H29F3O6/c25-24(26,27)18-8-4-17(5-9-18)15-32-19-10-6-16(7-11-19)3-1-2-12-31-23-22(30)21(29)13-20(14-28)33-23/h4-11,20-23,28-30H,1-3,12-15H2. The highest BCUT2D eigenvalue weighted by Gasteiger charge is 2.37. The van der Waals surface area contributed by atoms with Gasteiger partial charge in [-0.2, -0.15) is 13.2 Å². The van der Waals surface area contributed by atoms with Gasteiger partial charge in [0.1, 0.15) is 18.5 Å². The summed E-state index contributed by atoms with van der Waals surface area (Å²) in [6.45, 7) is 0.282. The van der Waals surface area contributed by atoms with Crippen molar-refractivity contribution >= 4 is 0 Å². The van der Waals surface area contributed by atoms with Crippen LogP contribution in [0.5, 0.6) is 5.75 Å². The quantitative estimate of drug-likeness (QED) is 0.461. The molecule has 0 radical (unpaired) electrons. The number of hydrogen-bond donors (Lipinski definition) is 3. The topological polar surface area (TPSA) is 88.4 Å². The molecule has 1 heterocycles. The molecule has 1 aliphatic rings. The molecule has 0 bridgehead atoms. The van der Waals surface area contributed by atoms with Crippen molar-refractivity contribution in [2.75, 3.05) is 13.2 Å². The summed E-state index contributed by atoms with van der Waals surface area (Å²) in [5.74, 6) is 0.627. The van der Waals surface area contributed by atoms with Gasteiger partial charge in [0.05, 0.1) is 24.4 Å². The maximum absolute atomic E-state index is 12.6. The highest BCUT2D eigenvalue weighted by molar-refractivity contribution is 5.28. The molecule has 1 fully saturated rings. The van der Waals surface area contributed by atoms with Crippen molar-refractivity contribution in [1.82, 2.24) is 0 Å². The molecule has 9 heteroatoms. The van der Waals surface area contributed by atoms with Crippen LogP contribution in [0.15, 0.2) is 48.5 Å². The summed E-state index contributed by atoms with van der Waals surface area (Å²) in [6.07, 6.45) is -5.44. The molecule has 1 saturated heterocycles. The number of benzene rings is 2. The molecule has 33 heavy (non-hydrogen) atoms. The summed E-state index contributed by atoms with van der Waals surface area (Å²) < 4.78 is 54.4. The van der Waals surface area contributed by atoms with Crippen LogP contribution < -0.4 is 4.74 Å². The number of aliphatic hydroxyl groups is 3. The first-order valence-electron chi connectivity index (χ1n) is 10.9. The monoisotopic (exact) mass is 470 g/mol. The van der Waals surface area contributed by atoms with E-state index in [4.69, 9.17) is 14.2 Å². The second kappa shape index (κ2) is 11.8. The van der Waals surface area contributed by atoms with E-state index in [9.17, 15) is 28.5 Å². The number of aliphatic hydroxyl groups excluding tert-OH is 3. The number of unbranched alkanes of at least 4 members (excludes halogenated alkanes) is 1. The zero-order chi connectivity index (χ0) is 23.8. The minimum atomic E-state index is -4.35. The van der Waals surface area contributed by atoms with Gasteiger partial charge in [-0.1, -0.05) is 24.3 Å². The van der Waals surface area contributed by atoms with Crippen LogP contribution in [0.25, 0.3) is 0 Å². The van der Waals surface area contributed by atoms with Crippen molar-refractivity contribution in [1.29, 1.82) is 0 Å². The number of rotatable bonds is 10. The summed E-state index contributed by atoms with van der Waals surface area (Å²) in [5.41, 5.74) is 1.06. The molecule has 0 aromatic heterocycles. The van der Waals surface area contributed by atoms with Crippen LogP contribution in [-0.4, -0.2) is 53.1 Å². The second-order valence-electron chi connectivity index (χ2n) is 8.06. The summed E-state index contributed by atoms with van der Waals surface area (Å²) >= 11 is 0. The Morgan fingerprint density at radius 2 is 1.61 bits per heavy atom. The summed E-state index contributed by atoms with van der Waals surface area (Å²) in [5, 5.41) is 28.9. The average Bonchev–Trinajstić information content (AvgIpc) is 2.80. The van der Waals surface area contributed by atoms with Crippen LogP contribution in [0.2, 0.25) is 0 Å². The van der Waals surface area contributed by atoms with Gasteiger partial charge in [-0.15, -0.1) is 0 Å². The predicted molar refractivity (Wildman–Crippen MR) is 113 cm³/mol. The Hall–Kier alpha value is -2.17. The van der Waals surface area contributed by atoms with Gasteiger partial charge < -0.3 is 29.5 Å². The third-order valence-electron chi connectivity index (χ3n) is 5.46. The van der Waals surface area contributed by atoms with Gasteiger partial charge in [0, 0.05) is 13.0 Å². The highest BCUT2D eigenvalue weighted by atomic mass is 19.4. The zero-order valence-electron chi connectivity index (χ0n) is 18.1. The fraction of sp³-hybridized carbons (Fsp3) is 0.500. The van der Waals surface area contributed by atoms with Gasteiger partial charge in [0.25, 0.3) is 0 Å². The number of halogens is 3. The van der Waals surface area contributed by atoms with Gasteiger partial charge in [-0.3, -0.25) is 0 Å². The fourth-order valence-corrected chi connectivity index (χ4v) is 3.51. The Labute approximate surface area is 190 Å². The third-order valence-corrected chi connectivity index (χ3v) is 5.46. The lowest BCUT2D eigenvalue weighted by molar-refractivity contribution is -0.271. The van der Waals surface area contributed by atoms with Crippen molar-refractivity contribution in [2.24, 2.45) is 0 Å². The van der Waals surface area contributed by atoms with E-state index in [0.717, 1.165) is 37.0 Å². The van der Waals surface area contributed by atoms with E-state index in [2.05, 4.69) is 0 Å². The minimum Gasteiger partial charge on any atom is -0.489 e. The van der Waals surface area contributed by atoms with Crippen LogP contribution in [0.4, 0.5) is 13.2 Å². The second-order valence-corrected chi connectivity index (χ2v) is 8.06. The lowest BCUT2D eigenvalue weighted by Crippen LogP contribution is -2.50. The number of alkyl halides is 3. The molecule has 182 valence electrons. The maximum atomic E-state index is 12.6. The molecule has 0 saturated carbocycles. The molecule has 1 aliphatic heterocycles. The molecule has 0 amide bonds. The average molecular weight is 470 g/mol. The third kappa shape index (κ3) is 7.68. The van der Waals surface area contributed by atoms with E-state index >= 15 is 0 Å². The van der Waals surface area contributed by atoms with Crippen LogP contribution in [0.3, 0.4) is 0 Å². The lowest BCUT2D eigenvalue weighted by Gasteiger charge is -2.36. The van der Waals surface area contributed by atoms with Crippen molar-refractivity contribution < 1.29 is 42.7 Å². The van der Waals surface area contributed by atoms with E-state index in [-0.39, 0.29) is 19.6 Å². The lowest BCUT2D eigenvalue weighted by atomic mass is 10.0. The van der Waals surface area contributed by atoms with E-state index < -0.39 is 36.3 Å². The van der Waals surface area contributed by atoms with Crippen molar-refractivity contribution in [3.8, 4) is 5.75 Å². The fourth-order valence-electron chi connectivity index (χ4n) is 3.51. The first kappa shape index (κ1) is 25.5. The van der Waals surface area contributed by atoms with E-state index in [0.29, 0.717) is 17.9 Å². The summed E-state index contributed by atoms with van der Waals surface area (Å²) in [6, 6.07) is 12.4. The molecule has 2 aromatic carbocycles. The minimum absolute atomic E-state index is 0.168. The van der Waals surface area contributed by atoms with E-state index in [1.165, 1.54) is 12.1 Å². The van der Waals surface area contributed by atoms with Crippen molar-refractivity contribution in [3.05, 3.63) is 65.2 Å². The smallest absolute Gasteiger partial charge is 0.416 e. The maximum Gasteiger partial charge on any atom is 0.416 e. The predicted octanol–water partition coefficient (Wildman–Crippen LogP) is 3.45. The van der Waals surface area contributed by atoms with Crippen LogP contribution in [-0.2, 0) is 28.7 Å². The molecule has 3 N–H and O–H groups in total. The Balaban J connectivity index is 1.35. The van der Waals surface area contributed by atoms with Gasteiger partial charge in [0.2, 0.25) is 0 Å². The Morgan fingerprint density at radius 1 is 0.939 bits per heavy atom. The SMILES string of the molecule is OCC1CC(O)C(O)C(OCCCCc2ccc(OCc3ccc(C(F)(F)F)cc3)cc2)O1. The van der Waals surface area contributed by atoms with E-state index in [1.807, 2.05) is 24.3 Å². The molecule has 3 rings (SSSR count). The number of ether oxygens (including phenoxy) is 3. The number of aryl methyl sites for hydroxylation is 1. The van der Waals surface area contributed by atoms with Crippen LogP contribution in [0.1, 0.15) is 36.0 Å². The molecule has 4 unspecified atom stereocenters. The normalized spacial score (nSPS) is 23.5. The van der Waals surface area contributed by atoms with Crippen molar-refractivity contribution in [3.63, 3.8) is 0 Å². The molecule has 2 aromatic rings. The molecular weight excluding hydrogens is 441 g/mol. The van der Waals surface area contributed by atoms with Gasteiger partial charge in [-0.05, 0) is 54.7 Å². The molecule has 6 nitrogen and oxygen atoms in total. The molecular formula is C24H29F3O6. The molecule has 4 atom stereocenters. The first-order chi connectivity index (χ1) is 15.8. The first-order valence-corrected chi connectivity index (χ1v) is 10.9. The summed E-state index contributed by atoms with van der Waals surface area (Å²) in [4.78, 5) is 0. The van der Waals surface area contributed by atoms with Gasteiger partial charge >= 0.3 is 6.18 Å². The Bertz CT molecular complexity index is 841. The van der Waals surface area contributed by atoms with Gasteiger partial charge in [0.15, 0.2) is 6.29 Å². The Morgan fingerprint density at radius 3 is 2.24 bits per heavy atom. The largest absolute Gasteiger partial charge is 0.489 e. The summed E-state index contributed by atoms with van der Waals surface area (Å²) in [7, 11) is 0. The van der Waals surface area contributed by atoms with Crippen LogP contribution >= 0.6 is 0 Å². The van der Waals surface area contributed by atoms with E-state index in [1.54, 1.807) is 0 Å². The highest BCUT2D eigenvalue weighted by Crippen LogP contribution is 2.29.